The minimum Gasteiger partial charge on any atom is -0.490 e. The number of fused-ring (bicyclic) bond motifs is 2. The van der Waals surface area contributed by atoms with Crippen molar-refractivity contribution in [2.75, 3.05) is 13.1 Å². The molecule has 1 saturated heterocycles. The maximum atomic E-state index is 6.21. The Morgan fingerprint density at radius 3 is 2.55 bits per heavy atom. The van der Waals surface area contributed by atoms with Crippen molar-refractivity contribution < 1.29 is 9.47 Å². The Morgan fingerprint density at radius 1 is 1.09 bits per heavy atom. The van der Waals surface area contributed by atoms with E-state index in [4.69, 9.17) is 9.47 Å². The summed E-state index contributed by atoms with van der Waals surface area (Å²) < 4.78 is 13.5. The average Bonchev–Trinajstić information content (AvgIpc) is 3.08. The fraction of sp³-hybridized carbons (Fsp3) is 0.667. The zero-order chi connectivity index (χ0) is 15.3. The molecule has 22 heavy (non-hydrogen) atoms. The van der Waals surface area contributed by atoms with E-state index in [1.807, 2.05) is 0 Å². The highest BCUT2D eigenvalue weighted by molar-refractivity contribution is 9.10. The van der Waals surface area contributed by atoms with Crippen LogP contribution in [0.1, 0.15) is 43.4 Å². The first kappa shape index (κ1) is 14.8. The van der Waals surface area contributed by atoms with Gasteiger partial charge in [-0.05, 0) is 68.0 Å². The second-order valence-electron chi connectivity index (χ2n) is 7.09. The zero-order valence-electron chi connectivity index (χ0n) is 13.4. The fourth-order valence-electron chi connectivity index (χ4n) is 4.15. The van der Waals surface area contributed by atoms with Crippen LogP contribution in [0.25, 0.3) is 0 Å². The molecule has 0 spiro atoms. The van der Waals surface area contributed by atoms with Gasteiger partial charge in [0, 0.05) is 29.5 Å². The summed E-state index contributed by atoms with van der Waals surface area (Å²) in [5.74, 6) is 2.96. The third-order valence-corrected chi connectivity index (χ3v) is 6.00. The second kappa shape index (κ2) is 5.72. The van der Waals surface area contributed by atoms with Crippen molar-refractivity contribution >= 4 is 15.9 Å². The number of rotatable bonds is 2. The van der Waals surface area contributed by atoms with E-state index in [9.17, 15) is 0 Å². The highest BCUT2D eigenvalue weighted by Crippen LogP contribution is 2.50. The molecule has 0 bridgehead atoms. The molecule has 0 aliphatic carbocycles. The van der Waals surface area contributed by atoms with Gasteiger partial charge in [0.2, 0.25) is 0 Å². The number of nitrogens with one attached hydrogen (secondary N) is 1. The highest BCUT2D eigenvalue weighted by atomic mass is 79.9. The van der Waals surface area contributed by atoms with Crippen LogP contribution in [0.15, 0.2) is 4.47 Å². The van der Waals surface area contributed by atoms with Crippen molar-refractivity contribution in [3.05, 3.63) is 21.2 Å². The summed E-state index contributed by atoms with van der Waals surface area (Å²) in [6, 6.07) is 0. The standard InChI is InChI=1S/C18H24BrNO2/c1-10-6-13-14(8-12-4-3-5-20-9-12)17-15(7-11(2)21-17)16(19)18(13)22-10/h10-12,20H,3-9H2,1-2H3. The van der Waals surface area contributed by atoms with Crippen LogP contribution >= 0.6 is 15.9 Å². The summed E-state index contributed by atoms with van der Waals surface area (Å²) in [6.07, 6.45) is 6.26. The van der Waals surface area contributed by atoms with Crippen LogP contribution in [0.2, 0.25) is 0 Å². The average molecular weight is 366 g/mol. The Balaban J connectivity index is 1.76. The van der Waals surface area contributed by atoms with Crippen LogP contribution in [-0.4, -0.2) is 25.3 Å². The first-order valence-corrected chi connectivity index (χ1v) is 9.33. The summed E-state index contributed by atoms with van der Waals surface area (Å²) >= 11 is 3.78. The summed E-state index contributed by atoms with van der Waals surface area (Å²) in [5, 5.41) is 3.54. The van der Waals surface area contributed by atoms with Crippen LogP contribution in [0.3, 0.4) is 0 Å². The number of ether oxygens (including phenoxy) is 2. The van der Waals surface area contributed by atoms with Gasteiger partial charge in [-0.2, -0.15) is 0 Å². The third-order valence-electron chi connectivity index (χ3n) is 5.16. The SMILES string of the molecule is CC1Cc2c(CC3CCCNC3)c3c(c(Br)c2O1)CC(C)O3. The quantitative estimate of drug-likeness (QED) is 0.867. The van der Waals surface area contributed by atoms with Gasteiger partial charge < -0.3 is 14.8 Å². The van der Waals surface area contributed by atoms with Crippen molar-refractivity contribution in [1.82, 2.24) is 5.32 Å². The lowest BCUT2D eigenvalue weighted by Crippen LogP contribution is -2.31. The first-order valence-electron chi connectivity index (χ1n) is 8.53. The van der Waals surface area contributed by atoms with E-state index in [-0.39, 0.29) is 12.2 Å². The molecule has 3 unspecified atom stereocenters. The second-order valence-corrected chi connectivity index (χ2v) is 7.88. The van der Waals surface area contributed by atoms with Crippen molar-refractivity contribution in [3.63, 3.8) is 0 Å². The Labute approximate surface area is 140 Å². The van der Waals surface area contributed by atoms with E-state index in [2.05, 4.69) is 35.1 Å². The lowest BCUT2D eigenvalue weighted by molar-refractivity contribution is 0.250. The zero-order valence-corrected chi connectivity index (χ0v) is 15.0. The Kier molecular flexibility index (Phi) is 3.85. The molecule has 3 atom stereocenters. The molecule has 4 rings (SSSR count). The summed E-state index contributed by atoms with van der Waals surface area (Å²) in [4.78, 5) is 0. The summed E-state index contributed by atoms with van der Waals surface area (Å²) in [5.41, 5.74) is 4.13. The van der Waals surface area contributed by atoms with E-state index in [0.717, 1.165) is 47.7 Å². The van der Waals surface area contributed by atoms with E-state index >= 15 is 0 Å². The Bertz CT molecular complexity index is 556. The van der Waals surface area contributed by atoms with E-state index in [1.54, 1.807) is 0 Å². The molecule has 3 nitrogen and oxygen atoms in total. The van der Waals surface area contributed by atoms with Crippen LogP contribution in [0.5, 0.6) is 11.5 Å². The van der Waals surface area contributed by atoms with Crippen LogP contribution in [0.4, 0.5) is 0 Å². The Hall–Kier alpha value is -0.740. The lowest BCUT2D eigenvalue weighted by Gasteiger charge is -2.25. The third kappa shape index (κ3) is 2.44. The van der Waals surface area contributed by atoms with E-state index in [1.165, 1.54) is 36.1 Å². The Morgan fingerprint density at radius 2 is 1.82 bits per heavy atom. The monoisotopic (exact) mass is 365 g/mol. The molecule has 1 aromatic carbocycles. The van der Waals surface area contributed by atoms with Crippen molar-refractivity contribution in [3.8, 4) is 11.5 Å². The number of hydrogen-bond donors (Lipinski definition) is 1. The molecule has 1 fully saturated rings. The van der Waals surface area contributed by atoms with Gasteiger partial charge in [0.25, 0.3) is 0 Å². The van der Waals surface area contributed by atoms with Crippen molar-refractivity contribution in [2.45, 2.75) is 58.2 Å². The molecule has 3 aliphatic rings. The van der Waals surface area contributed by atoms with Gasteiger partial charge in [-0.1, -0.05) is 0 Å². The maximum absolute atomic E-state index is 6.21. The number of piperidine rings is 1. The predicted molar refractivity (Wildman–Crippen MR) is 91.0 cm³/mol. The molecule has 3 aliphatic heterocycles. The van der Waals surface area contributed by atoms with Gasteiger partial charge in [0.15, 0.2) is 0 Å². The molecule has 0 aromatic heterocycles. The van der Waals surface area contributed by atoms with Gasteiger partial charge in [-0.25, -0.2) is 0 Å². The number of benzene rings is 1. The highest BCUT2D eigenvalue weighted by Gasteiger charge is 2.35. The largest absolute Gasteiger partial charge is 0.490 e. The van der Waals surface area contributed by atoms with Crippen LogP contribution < -0.4 is 14.8 Å². The summed E-state index contributed by atoms with van der Waals surface area (Å²) in [7, 11) is 0. The van der Waals surface area contributed by atoms with Crippen molar-refractivity contribution in [2.24, 2.45) is 5.92 Å². The van der Waals surface area contributed by atoms with Gasteiger partial charge in [-0.3, -0.25) is 0 Å². The predicted octanol–water partition coefficient (Wildman–Crippen LogP) is 3.64. The molecular weight excluding hydrogens is 342 g/mol. The smallest absolute Gasteiger partial charge is 0.138 e. The molecule has 0 saturated carbocycles. The van der Waals surface area contributed by atoms with Crippen LogP contribution in [-0.2, 0) is 19.3 Å². The van der Waals surface area contributed by atoms with E-state index < -0.39 is 0 Å². The van der Waals surface area contributed by atoms with E-state index in [0.29, 0.717) is 0 Å². The molecule has 0 amide bonds. The molecule has 1 aromatic rings. The topological polar surface area (TPSA) is 30.5 Å². The van der Waals surface area contributed by atoms with Gasteiger partial charge in [0.1, 0.15) is 23.7 Å². The lowest BCUT2D eigenvalue weighted by atomic mass is 9.87. The normalized spacial score (nSPS) is 29.7. The molecular formula is C18H24BrNO2. The number of hydrogen-bond acceptors (Lipinski definition) is 3. The molecule has 0 radical (unpaired) electrons. The van der Waals surface area contributed by atoms with Gasteiger partial charge in [0.05, 0.1) is 4.47 Å². The molecule has 4 heteroatoms. The van der Waals surface area contributed by atoms with Crippen molar-refractivity contribution in [1.29, 1.82) is 0 Å². The van der Waals surface area contributed by atoms with Crippen LogP contribution in [0, 0.1) is 5.92 Å². The van der Waals surface area contributed by atoms with Gasteiger partial charge >= 0.3 is 0 Å². The molecule has 120 valence electrons. The molecule has 3 heterocycles. The molecule has 1 N–H and O–H groups in total. The fourth-order valence-corrected chi connectivity index (χ4v) is 4.83. The maximum Gasteiger partial charge on any atom is 0.138 e. The minimum absolute atomic E-state index is 0.273. The first-order chi connectivity index (χ1) is 10.6. The summed E-state index contributed by atoms with van der Waals surface area (Å²) in [6.45, 7) is 6.62. The minimum atomic E-state index is 0.273. The number of halogens is 1. The van der Waals surface area contributed by atoms with Gasteiger partial charge in [-0.15, -0.1) is 0 Å².